The highest BCUT2D eigenvalue weighted by molar-refractivity contribution is 5.89. The van der Waals surface area contributed by atoms with E-state index in [1.807, 2.05) is 54.6 Å². The molecule has 0 aliphatic rings. The second kappa shape index (κ2) is 7.43. The number of hydrogen-bond donors (Lipinski definition) is 4. The van der Waals surface area contributed by atoms with Gasteiger partial charge in [0.15, 0.2) is 0 Å². The fourth-order valence-corrected chi connectivity index (χ4v) is 2.38. The van der Waals surface area contributed by atoms with E-state index in [1.54, 1.807) is 6.20 Å². The minimum Gasteiger partial charge on any atom is -0.392 e. The Morgan fingerprint density at radius 2 is 1.79 bits per heavy atom. The van der Waals surface area contributed by atoms with E-state index in [0.717, 1.165) is 22.4 Å². The summed E-state index contributed by atoms with van der Waals surface area (Å²) in [6, 6.07) is 16.5. The number of aromatic nitrogens is 2. The summed E-state index contributed by atoms with van der Waals surface area (Å²) < 4.78 is 0. The molecule has 2 amide bonds. The van der Waals surface area contributed by atoms with Crippen molar-refractivity contribution in [1.82, 2.24) is 15.5 Å². The van der Waals surface area contributed by atoms with Crippen LogP contribution in [0.2, 0.25) is 0 Å². The molecule has 0 unspecified atom stereocenters. The molecule has 3 aromatic rings. The number of amides is 2. The molecular formula is C18H18N4O2. The lowest BCUT2D eigenvalue weighted by molar-refractivity contribution is 0.251. The van der Waals surface area contributed by atoms with Crippen LogP contribution in [0.15, 0.2) is 60.8 Å². The Morgan fingerprint density at radius 1 is 1.04 bits per heavy atom. The van der Waals surface area contributed by atoms with E-state index in [2.05, 4.69) is 20.8 Å². The van der Waals surface area contributed by atoms with Crippen LogP contribution in [-0.4, -0.2) is 21.3 Å². The fourth-order valence-electron chi connectivity index (χ4n) is 2.38. The molecule has 1 heterocycles. The van der Waals surface area contributed by atoms with Crippen LogP contribution in [0.4, 0.5) is 10.5 Å². The standard InChI is InChI=1S/C18H18N4O2/c23-12-15-4-2-1-3-14(15)11-19-18(24)21-16-7-5-13(6-8-16)17-9-10-20-22-17/h1-10,23H,11-12H2,(H,20,22)(H2,19,21,24). The average molecular weight is 322 g/mol. The highest BCUT2D eigenvalue weighted by atomic mass is 16.3. The number of hydrogen-bond acceptors (Lipinski definition) is 3. The Morgan fingerprint density at radius 3 is 2.46 bits per heavy atom. The SMILES string of the molecule is O=C(NCc1ccccc1CO)Nc1ccc(-c2ccn[nH]2)cc1. The van der Waals surface area contributed by atoms with Crippen LogP contribution in [-0.2, 0) is 13.2 Å². The van der Waals surface area contributed by atoms with Crippen molar-refractivity contribution in [2.75, 3.05) is 5.32 Å². The van der Waals surface area contributed by atoms with Gasteiger partial charge in [-0.2, -0.15) is 5.10 Å². The molecule has 122 valence electrons. The monoisotopic (exact) mass is 322 g/mol. The number of carbonyl (C=O) groups is 1. The second-order valence-corrected chi connectivity index (χ2v) is 5.28. The molecule has 0 aliphatic heterocycles. The third-order valence-corrected chi connectivity index (χ3v) is 3.68. The first-order chi connectivity index (χ1) is 11.8. The topological polar surface area (TPSA) is 90.0 Å². The van der Waals surface area contributed by atoms with E-state index in [0.29, 0.717) is 12.2 Å². The van der Waals surface area contributed by atoms with Gasteiger partial charge in [-0.1, -0.05) is 36.4 Å². The molecule has 0 atom stereocenters. The molecule has 0 fully saturated rings. The summed E-state index contributed by atoms with van der Waals surface area (Å²) in [4.78, 5) is 12.0. The number of urea groups is 1. The summed E-state index contributed by atoms with van der Waals surface area (Å²) in [7, 11) is 0. The molecule has 6 nitrogen and oxygen atoms in total. The van der Waals surface area contributed by atoms with Crippen molar-refractivity contribution in [2.45, 2.75) is 13.2 Å². The lowest BCUT2D eigenvalue weighted by atomic mass is 10.1. The second-order valence-electron chi connectivity index (χ2n) is 5.28. The van der Waals surface area contributed by atoms with Gasteiger partial charge in [0, 0.05) is 18.4 Å². The summed E-state index contributed by atoms with van der Waals surface area (Å²) in [6.07, 6.45) is 1.69. The van der Waals surface area contributed by atoms with Crippen LogP contribution in [0.1, 0.15) is 11.1 Å². The van der Waals surface area contributed by atoms with Gasteiger partial charge in [0.1, 0.15) is 0 Å². The zero-order chi connectivity index (χ0) is 16.8. The maximum Gasteiger partial charge on any atom is 0.319 e. The molecule has 1 aromatic heterocycles. The molecule has 4 N–H and O–H groups in total. The predicted molar refractivity (Wildman–Crippen MR) is 92.2 cm³/mol. The third kappa shape index (κ3) is 3.80. The summed E-state index contributed by atoms with van der Waals surface area (Å²) in [5, 5.41) is 21.7. The number of H-pyrrole nitrogens is 1. The van der Waals surface area contributed by atoms with Crippen molar-refractivity contribution in [3.63, 3.8) is 0 Å². The number of aliphatic hydroxyl groups excluding tert-OH is 1. The Bertz CT molecular complexity index is 798. The molecule has 0 radical (unpaired) electrons. The van der Waals surface area contributed by atoms with Gasteiger partial charge in [0.2, 0.25) is 0 Å². The summed E-state index contributed by atoms with van der Waals surface area (Å²) in [6.45, 7) is 0.309. The summed E-state index contributed by atoms with van der Waals surface area (Å²) in [5.74, 6) is 0. The maximum absolute atomic E-state index is 12.0. The number of nitrogens with one attached hydrogen (secondary N) is 3. The molecule has 6 heteroatoms. The average Bonchev–Trinajstić information content (AvgIpc) is 3.15. The van der Waals surface area contributed by atoms with Gasteiger partial charge < -0.3 is 15.7 Å². The fraction of sp³-hybridized carbons (Fsp3) is 0.111. The number of carbonyl (C=O) groups excluding carboxylic acids is 1. The number of nitrogens with zero attached hydrogens (tertiary/aromatic N) is 1. The third-order valence-electron chi connectivity index (χ3n) is 3.68. The van der Waals surface area contributed by atoms with Crippen molar-refractivity contribution in [1.29, 1.82) is 0 Å². The van der Waals surface area contributed by atoms with Crippen LogP contribution in [0, 0.1) is 0 Å². The van der Waals surface area contributed by atoms with Gasteiger partial charge in [-0.3, -0.25) is 5.10 Å². The van der Waals surface area contributed by atoms with Gasteiger partial charge >= 0.3 is 6.03 Å². The Hall–Kier alpha value is -3.12. The van der Waals surface area contributed by atoms with Crippen LogP contribution in [0.5, 0.6) is 0 Å². The largest absolute Gasteiger partial charge is 0.392 e. The maximum atomic E-state index is 12.0. The Labute approximate surface area is 139 Å². The van der Waals surface area contributed by atoms with Crippen molar-refractivity contribution in [2.24, 2.45) is 0 Å². The van der Waals surface area contributed by atoms with Crippen LogP contribution in [0.25, 0.3) is 11.3 Å². The molecule has 0 spiro atoms. The normalized spacial score (nSPS) is 10.4. The first-order valence-electron chi connectivity index (χ1n) is 7.58. The van der Waals surface area contributed by atoms with E-state index in [9.17, 15) is 9.90 Å². The van der Waals surface area contributed by atoms with Gasteiger partial charge in [-0.05, 0) is 34.9 Å². The number of rotatable bonds is 5. The van der Waals surface area contributed by atoms with Gasteiger partial charge in [0.25, 0.3) is 0 Å². The Balaban J connectivity index is 1.57. The number of aliphatic hydroxyl groups is 1. The number of anilines is 1. The highest BCUT2D eigenvalue weighted by Crippen LogP contribution is 2.18. The minimum atomic E-state index is -0.294. The summed E-state index contributed by atoms with van der Waals surface area (Å²) >= 11 is 0. The van der Waals surface area contributed by atoms with E-state index < -0.39 is 0 Å². The van der Waals surface area contributed by atoms with E-state index in [-0.39, 0.29) is 12.6 Å². The molecule has 0 saturated heterocycles. The first-order valence-corrected chi connectivity index (χ1v) is 7.58. The summed E-state index contributed by atoms with van der Waals surface area (Å²) in [5.41, 5.74) is 4.32. The van der Waals surface area contributed by atoms with Crippen molar-refractivity contribution in [3.8, 4) is 11.3 Å². The molecule has 2 aromatic carbocycles. The van der Waals surface area contributed by atoms with E-state index >= 15 is 0 Å². The van der Waals surface area contributed by atoms with Crippen molar-refractivity contribution >= 4 is 11.7 Å². The molecule has 0 saturated carbocycles. The molecule has 0 bridgehead atoms. The number of aromatic amines is 1. The molecular weight excluding hydrogens is 304 g/mol. The first kappa shape index (κ1) is 15.8. The lowest BCUT2D eigenvalue weighted by Crippen LogP contribution is -2.28. The molecule has 24 heavy (non-hydrogen) atoms. The van der Waals surface area contributed by atoms with Crippen LogP contribution in [0.3, 0.4) is 0 Å². The molecule has 0 aliphatic carbocycles. The predicted octanol–water partition coefficient (Wildman–Crippen LogP) is 2.89. The van der Waals surface area contributed by atoms with Gasteiger partial charge in [-0.15, -0.1) is 0 Å². The lowest BCUT2D eigenvalue weighted by Gasteiger charge is -2.10. The van der Waals surface area contributed by atoms with Crippen LogP contribution >= 0.6 is 0 Å². The van der Waals surface area contributed by atoms with Crippen LogP contribution < -0.4 is 10.6 Å². The highest BCUT2D eigenvalue weighted by Gasteiger charge is 2.05. The Kier molecular flexibility index (Phi) is 4.88. The minimum absolute atomic E-state index is 0.0471. The quantitative estimate of drug-likeness (QED) is 0.582. The van der Waals surface area contributed by atoms with E-state index in [1.165, 1.54) is 0 Å². The van der Waals surface area contributed by atoms with Crippen molar-refractivity contribution < 1.29 is 9.90 Å². The smallest absolute Gasteiger partial charge is 0.319 e. The molecule has 3 rings (SSSR count). The van der Waals surface area contributed by atoms with Gasteiger partial charge in [-0.25, -0.2) is 4.79 Å². The zero-order valence-electron chi connectivity index (χ0n) is 13.0. The van der Waals surface area contributed by atoms with Crippen molar-refractivity contribution in [3.05, 3.63) is 71.9 Å². The number of benzene rings is 2. The van der Waals surface area contributed by atoms with Gasteiger partial charge in [0.05, 0.1) is 12.3 Å². The zero-order valence-corrected chi connectivity index (χ0v) is 13.0. The van der Waals surface area contributed by atoms with E-state index in [4.69, 9.17) is 0 Å².